The van der Waals surface area contributed by atoms with Crippen molar-refractivity contribution in [1.82, 2.24) is 9.78 Å². The fourth-order valence-corrected chi connectivity index (χ4v) is 1.69. The Morgan fingerprint density at radius 3 is 2.85 bits per heavy atom. The molecule has 104 valence electrons. The van der Waals surface area contributed by atoms with Crippen LogP contribution in [0.2, 0.25) is 0 Å². The van der Waals surface area contributed by atoms with E-state index in [4.69, 9.17) is 5.11 Å². The van der Waals surface area contributed by atoms with Crippen molar-refractivity contribution in [2.24, 2.45) is 0 Å². The van der Waals surface area contributed by atoms with Crippen molar-refractivity contribution in [3.8, 4) is 5.75 Å². The fraction of sp³-hybridized carbons (Fsp3) is 0.154. The van der Waals surface area contributed by atoms with Gasteiger partial charge in [0.05, 0.1) is 17.4 Å². The SMILES string of the molecule is Cc1cccc(C(=O)Nc2cnn(CC(=O)O)c2)c1O. The maximum atomic E-state index is 12.0. The highest BCUT2D eigenvalue weighted by Gasteiger charge is 2.13. The molecule has 0 fully saturated rings. The second-order valence-corrected chi connectivity index (χ2v) is 4.25. The molecular weight excluding hydrogens is 262 g/mol. The maximum Gasteiger partial charge on any atom is 0.325 e. The van der Waals surface area contributed by atoms with Crippen molar-refractivity contribution in [1.29, 1.82) is 0 Å². The number of phenolic OH excluding ortho intramolecular Hbond substituents is 1. The van der Waals surface area contributed by atoms with Crippen molar-refractivity contribution in [3.05, 3.63) is 41.7 Å². The van der Waals surface area contributed by atoms with Gasteiger partial charge in [-0.15, -0.1) is 0 Å². The summed E-state index contributed by atoms with van der Waals surface area (Å²) >= 11 is 0. The molecule has 3 N–H and O–H groups in total. The third kappa shape index (κ3) is 2.94. The average Bonchev–Trinajstić information content (AvgIpc) is 2.79. The third-order valence-corrected chi connectivity index (χ3v) is 2.67. The number of amides is 1. The number of carboxylic acids is 1. The number of carbonyl (C=O) groups is 2. The molecule has 0 radical (unpaired) electrons. The van der Waals surface area contributed by atoms with Gasteiger partial charge in [-0.3, -0.25) is 14.3 Å². The maximum absolute atomic E-state index is 12.0. The van der Waals surface area contributed by atoms with Crippen molar-refractivity contribution >= 4 is 17.6 Å². The Balaban J connectivity index is 2.13. The first-order valence-corrected chi connectivity index (χ1v) is 5.81. The summed E-state index contributed by atoms with van der Waals surface area (Å²) in [5.74, 6) is -1.59. The second kappa shape index (κ2) is 5.43. The third-order valence-electron chi connectivity index (χ3n) is 2.67. The van der Waals surface area contributed by atoms with Crippen LogP contribution in [-0.4, -0.2) is 31.9 Å². The number of benzene rings is 1. The molecule has 1 aromatic carbocycles. The summed E-state index contributed by atoms with van der Waals surface area (Å²) in [5, 5.41) is 24.8. The smallest absolute Gasteiger partial charge is 0.325 e. The highest BCUT2D eigenvalue weighted by Crippen LogP contribution is 2.22. The number of phenols is 1. The van der Waals surface area contributed by atoms with Gasteiger partial charge >= 0.3 is 5.97 Å². The van der Waals surface area contributed by atoms with E-state index < -0.39 is 11.9 Å². The number of aromatic nitrogens is 2. The zero-order chi connectivity index (χ0) is 14.7. The van der Waals surface area contributed by atoms with Crippen LogP contribution in [0, 0.1) is 6.92 Å². The molecule has 0 saturated heterocycles. The van der Waals surface area contributed by atoms with E-state index in [9.17, 15) is 14.7 Å². The molecule has 20 heavy (non-hydrogen) atoms. The lowest BCUT2D eigenvalue weighted by Crippen LogP contribution is -2.12. The number of rotatable bonds is 4. The van der Waals surface area contributed by atoms with Gasteiger partial charge in [0, 0.05) is 6.20 Å². The van der Waals surface area contributed by atoms with E-state index in [0.717, 1.165) is 0 Å². The van der Waals surface area contributed by atoms with E-state index in [-0.39, 0.29) is 17.9 Å². The number of carboxylic acid groups (broad SMARTS) is 1. The Kier molecular flexibility index (Phi) is 3.69. The van der Waals surface area contributed by atoms with Crippen LogP contribution in [0.25, 0.3) is 0 Å². The number of nitrogens with zero attached hydrogens (tertiary/aromatic N) is 2. The Labute approximate surface area is 114 Å². The summed E-state index contributed by atoms with van der Waals surface area (Å²) in [6.45, 7) is 1.41. The molecule has 0 aliphatic carbocycles. The Hall–Kier alpha value is -2.83. The Bertz CT molecular complexity index is 663. The minimum atomic E-state index is -1.03. The number of nitrogens with one attached hydrogen (secondary N) is 1. The number of hydrogen-bond acceptors (Lipinski definition) is 4. The lowest BCUT2D eigenvalue weighted by atomic mass is 10.1. The molecular formula is C13H13N3O4. The zero-order valence-corrected chi connectivity index (χ0v) is 10.7. The van der Waals surface area contributed by atoms with Crippen LogP contribution in [0.4, 0.5) is 5.69 Å². The van der Waals surface area contributed by atoms with Gasteiger partial charge in [0.2, 0.25) is 0 Å². The normalized spacial score (nSPS) is 10.2. The number of hydrogen-bond donors (Lipinski definition) is 3. The van der Waals surface area contributed by atoms with Crippen molar-refractivity contribution in [3.63, 3.8) is 0 Å². The van der Waals surface area contributed by atoms with E-state index in [1.54, 1.807) is 19.1 Å². The minimum absolute atomic E-state index is 0.0806. The molecule has 0 unspecified atom stereocenters. The summed E-state index contributed by atoms with van der Waals surface area (Å²) in [4.78, 5) is 22.5. The van der Waals surface area contributed by atoms with Crippen LogP contribution >= 0.6 is 0 Å². The molecule has 7 heteroatoms. The number of aromatic hydroxyl groups is 1. The minimum Gasteiger partial charge on any atom is -0.507 e. The van der Waals surface area contributed by atoms with E-state index in [1.165, 1.54) is 23.1 Å². The standard InChI is InChI=1S/C13H13N3O4/c1-8-3-2-4-10(12(8)19)13(20)15-9-5-14-16(6-9)7-11(17)18/h2-6,19H,7H2,1H3,(H,15,20)(H,17,18). The topological polar surface area (TPSA) is 104 Å². The van der Waals surface area contributed by atoms with Crippen LogP contribution in [0.15, 0.2) is 30.6 Å². The van der Waals surface area contributed by atoms with Gasteiger partial charge in [-0.25, -0.2) is 0 Å². The van der Waals surface area contributed by atoms with Crippen LogP contribution < -0.4 is 5.32 Å². The largest absolute Gasteiger partial charge is 0.507 e. The lowest BCUT2D eigenvalue weighted by Gasteiger charge is -2.06. The molecule has 0 aliphatic rings. The average molecular weight is 275 g/mol. The fourth-order valence-electron chi connectivity index (χ4n) is 1.69. The summed E-state index contributed by atoms with van der Waals surface area (Å²) < 4.78 is 1.19. The predicted molar refractivity (Wildman–Crippen MR) is 70.7 cm³/mol. The molecule has 0 aliphatic heterocycles. The van der Waals surface area contributed by atoms with Gasteiger partial charge in [0.1, 0.15) is 12.3 Å². The van der Waals surface area contributed by atoms with E-state index in [1.807, 2.05) is 0 Å². The monoisotopic (exact) mass is 275 g/mol. The van der Waals surface area contributed by atoms with Crippen LogP contribution in [-0.2, 0) is 11.3 Å². The summed E-state index contributed by atoms with van der Waals surface area (Å²) in [6.07, 6.45) is 2.74. The van der Waals surface area contributed by atoms with Gasteiger partial charge in [-0.1, -0.05) is 12.1 Å². The highest BCUT2D eigenvalue weighted by molar-refractivity contribution is 6.06. The van der Waals surface area contributed by atoms with Crippen molar-refractivity contribution < 1.29 is 19.8 Å². The first-order chi connectivity index (χ1) is 9.47. The molecule has 0 atom stereocenters. The van der Waals surface area contributed by atoms with Gasteiger partial charge in [0.25, 0.3) is 5.91 Å². The molecule has 0 bridgehead atoms. The van der Waals surface area contributed by atoms with E-state index >= 15 is 0 Å². The van der Waals surface area contributed by atoms with E-state index in [2.05, 4.69) is 10.4 Å². The molecule has 0 spiro atoms. The second-order valence-electron chi connectivity index (χ2n) is 4.25. The molecule has 7 nitrogen and oxygen atoms in total. The van der Waals surface area contributed by atoms with Gasteiger partial charge < -0.3 is 15.5 Å². The number of anilines is 1. The molecule has 0 saturated carbocycles. The molecule has 1 amide bonds. The highest BCUT2D eigenvalue weighted by atomic mass is 16.4. The predicted octanol–water partition coefficient (Wildman–Crippen LogP) is 1.23. The number of para-hydroxylation sites is 1. The first kappa shape index (κ1) is 13.6. The number of aliphatic carboxylic acids is 1. The summed E-state index contributed by atoms with van der Waals surface area (Å²) in [7, 11) is 0. The van der Waals surface area contributed by atoms with Gasteiger partial charge in [0.15, 0.2) is 0 Å². The number of aryl methyl sites for hydroxylation is 1. The van der Waals surface area contributed by atoms with Crippen LogP contribution in [0.3, 0.4) is 0 Å². The molecule has 2 aromatic rings. The van der Waals surface area contributed by atoms with Crippen LogP contribution in [0.5, 0.6) is 5.75 Å². The molecule has 1 heterocycles. The lowest BCUT2D eigenvalue weighted by molar-refractivity contribution is -0.137. The molecule has 1 aromatic heterocycles. The number of carbonyl (C=O) groups excluding carboxylic acids is 1. The molecule has 2 rings (SSSR count). The summed E-state index contributed by atoms with van der Waals surface area (Å²) in [6, 6.07) is 4.86. The van der Waals surface area contributed by atoms with Crippen molar-refractivity contribution in [2.45, 2.75) is 13.5 Å². The van der Waals surface area contributed by atoms with Crippen LogP contribution in [0.1, 0.15) is 15.9 Å². The van der Waals surface area contributed by atoms with Gasteiger partial charge in [-0.2, -0.15) is 5.10 Å². The Morgan fingerprint density at radius 1 is 1.40 bits per heavy atom. The van der Waals surface area contributed by atoms with Gasteiger partial charge in [-0.05, 0) is 18.6 Å². The first-order valence-electron chi connectivity index (χ1n) is 5.81. The van der Waals surface area contributed by atoms with Crippen molar-refractivity contribution in [2.75, 3.05) is 5.32 Å². The zero-order valence-electron chi connectivity index (χ0n) is 10.7. The van der Waals surface area contributed by atoms with E-state index in [0.29, 0.717) is 11.3 Å². The quantitative estimate of drug-likeness (QED) is 0.778. The Morgan fingerprint density at radius 2 is 2.15 bits per heavy atom. The summed E-state index contributed by atoms with van der Waals surface area (Å²) in [5.41, 5.74) is 1.10.